The summed E-state index contributed by atoms with van der Waals surface area (Å²) in [6.07, 6.45) is 1.83. The fraction of sp³-hybridized carbons (Fsp3) is 0.200. The molecule has 0 saturated heterocycles. The van der Waals surface area contributed by atoms with Crippen molar-refractivity contribution in [1.29, 1.82) is 0 Å². The maximum Gasteiger partial charge on any atom is 0.246 e. The van der Waals surface area contributed by atoms with E-state index in [2.05, 4.69) is 29.5 Å². The molecule has 0 radical (unpaired) electrons. The summed E-state index contributed by atoms with van der Waals surface area (Å²) in [5.41, 5.74) is 6.15. The van der Waals surface area contributed by atoms with Gasteiger partial charge in [-0.25, -0.2) is 0 Å². The van der Waals surface area contributed by atoms with E-state index in [1.807, 2.05) is 56.4 Å². The Balaban J connectivity index is 1.71. The van der Waals surface area contributed by atoms with E-state index in [9.17, 15) is 4.79 Å². The summed E-state index contributed by atoms with van der Waals surface area (Å²) in [5.74, 6) is -0.0761. The minimum absolute atomic E-state index is 0.0761. The zero-order chi connectivity index (χ0) is 17.1. The molecule has 4 heteroatoms. The quantitative estimate of drug-likeness (QED) is 0.786. The number of amides is 1. The van der Waals surface area contributed by atoms with E-state index >= 15 is 0 Å². The molecule has 0 unspecified atom stereocenters. The van der Waals surface area contributed by atoms with Gasteiger partial charge in [-0.15, -0.1) is 0 Å². The number of aromatic nitrogens is 2. The van der Waals surface area contributed by atoms with Crippen LogP contribution in [0.1, 0.15) is 16.7 Å². The molecular formula is C20H21N3O. The molecule has 0 bridgehead atoms. The van der Waals surface area contributed by atoms with E-state index < -0.39 is 0 Å². The fourth-order valence-electron chi connectivity index (χ4n) is 2.92. The number of nitrogens with one attached hydrogen (secondary N) is 1. The van der Waals surface area contributed by atoms with Gasteiger partial charge in [-0.3, -0.25) is 9.48 Å². The van der Waals surface area contributed by atoms with Crippen molar-refractivity contribution in [3.8, 4) is 11.3 Å². The molecular weight excluding hydrogens is 298 g/mol. The van der Waals surface area contributed by atoms with Gasteiger partial charge in [0, 0.05) is 17.4 Å². The second kappa shape index (κ2) is 6.71. The molecule has 0 spiro atoms. The minimum atomic E-state index is -0.0761. The lowest BCUT2D eigenvalue weighted by atomic mass is 10.1. The lowest BCUT2D eigenvalue weighted by Crippen LogP contribution is -2.20. The van der Waals surface area contributed by atoms with Crippen molar-refractivity contribution in [3.05, 3.63) is 71.4 Å². The van der Waals surface area contributed by atoms with Gasteiger partial charge in [0.25, 0.3) is 0 Å². The second-order valence-corrected chi connectivity index (χ2v) is 6.09. The van der Waals surface area contributed by atoms with Gasteiger partial charge in [-0.1, -0.05) is 48.0 Å². The van der Waals surface area contributed by atoms with Gasteiger partial charge in [-0.05, 0) is 38.0 Å². The fourth-order valence-corrected chi connectivity index (χ4v) is 2.92. The molecule has 4 nitrogen and oxygen atoms in total. The summed E-state index contributed by atoms with van der Waals surface area (Å²) in [6, 6.07) is 16.0. The van der Waals surface area contributed by atoms with Crippen LogP contribution in [-0.2, 0) is 11.3 Å². The number of aryl methyl sites for hydroxylation is 3. The first-order valence-electron chi connectivity index (χ1n) is 7.99. The van der Waals surface area contributed by atoms with Crippen molar-refractivity contribution in [2.75, 3.05) is 5.32 Å². The van der Waals surface area contributed by atoms with Crippen molar-refractivity contribution in [3.63, 3.8) is 0 Å². The summed E-state index contributed by atoms with van der Waals surface area (Å²) in [6.45, 7) is 6.27. The van der Waals surface area contributed by atoms with E-state index in [1.54, 1.807) is 4.68 Å². The van der Waals surface area contributed by atoms with Gasteiger partial charge in [0.15, 0.2) is 0 Å². The molecule has 0 saturated carbocycles. The van der Waals surface area contributed by atoms with Crippen molar-refractivity contribution in [2.24, 2.45) is 0 Å². The number of anilines is 1. The molecule has 122 valence electrons. The molecule has 1 heterocycles. The average molecular weight is 319 g/mol. The van der Waals surface area contributed by atoms with Crippen molar-refractivity contribution in [1.82, 2.24) is 9.78 Å². The van der Waals surface area contributed by atoms with Crippen LogP contribution in [0.4, 0.5) is 5.69 Å². The van der Waals surface area contributed by atoms with Crippen LogP contribution in [0.5, 0.6) is 0 Å². The number of hydrogen-bond donors (Lipinski definition) is 1. The molecule has 1 amide bonds. The first-order chi connectivity index (χ1) is 11.5. The van der Waals surface area contributed by atoms with Gasteiger partial charge in [0.1, 0.15) is 6.54 Å². The highest BCUT2D eigenvalue weighted by Crippen LogP contribution is 2.22. The van der Waals surface area contributed by atoms with Crippen LogP contribution < -0.4 is 5.32 Å². The molecule has 2 aromatic carbocycles. The highest BCUT2D eigenvalue weighted by Gasteiger charge is 2.10. The number of carbonyl (C=O) groups excluding carboxylic acids is 1. The molecule has 0 aliphatic heterocycles. The Kier molecular flexibility index (Phi) is 4.47. The van der Waals surface area contributed by atoms with Crippen LogP contribution >= 0.6 is 0 Å². The van der Waals surface area contributed by atoms with Crippen molar-refractivity contribution < 1.29 is 4.79 Å². The Morgan fingerprint density at radius 3 is 2.38 bits per heavy atom. The monoisotopic (exact) mass is 319 g/mol. The Morgan fingerprint density at radius 1 is 1.04 bits per heavy atom. The van der Waals surface area contributed by atoms with Gasteiger partial charge in [0.05, 0.1) is 5.69 Å². The number of hydrogen-bond acceptors (Lipinski definition) is 2. The van der Waals surface area contributed by atoms with Gasteiger partial charge in [0.2, 0.25) is 5.91 Å². The Hall–Kier alpha value is -2.88. The van der Waals surface area contributed by atoms with E-state index in [1.165, 1.54) is 5.56 Å². The molecule has 3 aromatic rings. The smallest absolute Gasteiger partial charge is 0.246 e. The molecule has 3 rings (SSSR count). The van der Waals surface area contributed by atoms with Gasteiger partial charge >= 0.3 is 0 Å². The molecule has 0 fully saturated rings. The second-order valence-electron chi connectivity index (χ2n) is 6.09. The third-order valence-electron chi connectivity index (χ3n) is 3.96. The number of rotatable bonds is 4. The molecule has 0 atom stereocenters. The third kappa shape index (κ3) is 3.54. The maximum atomic E-state index is 12.3. The topological polar surface area (TPSA) is 46.9 Å². The highest BCUT2D eigenvalue weighted by atomic mass is 16.2. The van der Waals surface area contributed by atoms with Crippen LogP contribution in [0.2, 0.25) is 0 Å². The van der Waals surface area contributed by atoms with E-state index in [0.717, 1.165) is 28.1 Å². The first-order valence-corrected chi connectivity index (χ1v) is 7.99. The standard InChI is InChI=1S/C20H21N3O/c1-14-11-15(2)20(16(3)12-14)21-19(24)13-23-10-9-18(22-23)17-7-5-4-6-8-17/h4-12H,13H2,1-3H3,(H,21,24). The van der Waals surface area contributed by atoms with Gasteiger partial charge < -0.3 is 5.32 Å². The average Bonchev–Trinajstić information content (AvgIpc) is 3.00. The van der Waals surface area contributed by atoms with Crippen LogP contribution in [0.15, 0.2) is 54.7 Å². The van der Waals surface area contributed by atoms with Crippen LogP contribution in [0.25, 0.3) is 11.3 Å². The number of benzene rings is 2. The summed E-state index contributed by atoms with van der Waals surface area (Å²) < 4.78 is 1.66. The Bertz CT molecular complexity index is 843. The zero-order valence-electron chi connectivity index (χ0n) is 14.2. The molecule has 24 heavy (non-hydrogen) atoms. The van der Waals surface area contributed by atoms with E-state index in [0.29, 0.717) is 0 Å². The SMILES string of the molecule is Cc1cc(C)c(NC(=O)Cn2ccc(-c3ccccc3)n2)c(C)c1. The number of nitrogens with zero attached hydrogens (tertiary/aromatic N) is 2. The minimum Gasteiger partial charge on any atom is -0.324 e. The predicted molar refractivity (Wildman–Crippen MR) is 96.9 cm³/mol. The largest absolute Gasteiger partial charge is 0.324 e. The number of carbonyl (C=O) groups is 1. The summed E-state index contributed by atoms with van der Waals surface area (Å²) >= 11 is 0. The lowest BCUT2D eigenvalue weighted by Gasteiger charge is -2.12. The van der Waals surface area contributed by atoms with Gasteiger partial charge in [-0.2, -0.15) is 5.10 Å². The van der Waals surface area contributed by atoms with Crippen molar-refractivity contribution >= 4 is 11.6 Å². The predicted octanol–water partition coefficient (Wildman–Crippen LogP) is 4.11. The zero-order valence-corrected chi connectivity index (χ0v) is 14.2. The first kappa shape index (κ1) is 16.0. The Labute approximate surface area is 142 Å². The van der Waals surface area contributed by atoms with Crippen LogP contribution in [0, 0.1) is 20.8 Å². The molecule has 0 aliphatic rings. The normalized spacial score (nSPS) is 10.6. The highest BCUT2D eigenvalue weighted by molar-refractivity contribution is 5.92. The maximum absolute atomic E-state index is 12.3. The van der Waals surface area contributed by atoms with Crippen LogP contribution in [-0.4, -0.2) is 15.7 Å². The summed E-state index contributed by atoms with van der Waals surface area (Å²) in [7, 11) is 0. The van der Waals surface area contributed by atoms with Crippen LogP contribution in [0.3, 0.4) is 0 Å². The third-order valence-corrected chi connectivity index (χ3v) is 3.96. The van der Waals surface area contributed by atoms with E-state index in [4.69, 9.17) is 0 Å². The summed E-state index contributed by atoms with van der Waals surface area (Å²) in [5, 5.41) is 7.48. The molecule has 1 N–H and O–H groups in total. The summed E-state index contributed by atoms with van der Waals surface area (Å²) in [4.78, 5) is 12.3. The Morgan fingerprint density at radius 2 is 1.71 bits per heavy atom. The molecule has 1 aromatic heterocycles. The van der Waals surface area contributed by atoms with Crippen molar-refractivity contribution in [2.45, 2.75) is 27.3 Å². The lowest BCUT2D eigenvalue weighted by molar-refractivity contribution is -0.116. The molecule has 0 aliphatic carbocycles. The van der Waals surface area contributed by atoms with E-state index in [-0.39, 0.29) is 12.5 Å².